The fraction of sp³-hybridized carbons (Fsp3) is 0.750. The van der Waals surface area contributed by atoms with E-state index in [-0.39, 0.29) is 11.8 Å². The molecule has 0 saturated carbocycles. The third kappa shape index (κ3) is 7.27. The van der Waals surface area contributed by atoms with Gasteiger partial charge in [0.25, 0.3) is 0 Å². The fourth-order valence-electron chi connectivity index (χ4n) is 0.938. The zero-order valence-corrected chi connectivity index (χ0v) is 8.25. The molecule has 0 heterocycles. The standard InChI is InChI=1S/C8H17N3O2/c1-11(2,5-3-7(9)12)6-4-8(10)13/h3-6H2,1-2H3,(H3-,9,10,12,13)/p+1. The highest BCUT2D eigenvalue weighted by molar-refractivity contribution is 5.74. The number of carbonyl (C=O) groups excluding carboxylic acids is 2. The van der Waals surface area contributed by atoms with Crippen molar-refractivity contribution in [2.45, 2.75) is 12.8 Å². The first kappa shape index (κ1) is 11.9. The summed E-state index contributed by atoms with van der Waals surface area (Å²) in [5.41, 5.74) is 10.0. The Morgan fingerprint density at radius 1 is 1.00 bits per heavy atom. The van der Waals surface area contributed by atoms with E-state index in [1.54, 1.807) is 0 Å². The van der Waals surface area contributed by atoms with E-state index < -0.39 is 0 Å². The number of rotatable bonds is 6. The number of quaternary nitrogens is 1. The monoisotopic (exact) mass is 188 g/mol. The van der Waals surface area contributed by atoms with Gasteiger partial charge in [0.2, 0.25) is 11.8 Å². The summed E-state index contributed by atoms with van der Waals surface area (Å²) in [6.07, 6.45) is 0.678. The minimum Gasteiger partial charge on any atom is -0.369 e. The number of carbonyl (C=O) groups is 2. The summed E-state index contributed by atoms with van der Waals surface area (Å²) >= 11 is 0. The Kier molecular flexibility index (Phi) is 4.40. The number of nitrogens with zero attached hydrogens (tertiary/aromatic N) is 1. The van der Waals surface area contributed by atoms with Gasteiger partial charge in [0.05, 0.1) is 40.0 Å². The van der Waals surface area contributed by atoms with Crippen LogP contribution in [0.2, 0.25) is 0 Å². The van der Waals surface area contributed by atoms with E-state index in [9.17, 15) is 9.59 Å². The van der Waals surface area contributed by atoms with Gasteiger partial charge in [-0.15, -0.1) is 0 Å². The Balaban J connectivity index is 3.79. The lowest BCUT2D eigenvalue weighted by Crippen LogP contribution is -2.43. The summed E-state index contributed by atoms with van der Waals surface area (Å²) in [4.78, 5) is 21.0. The molecule has 0 unspecified atom stereocenters. The number of nitrogens with two attached hydrogens (primary N) is 2. The molecule has 4 N–H and O–H groups in total. The molecule has 0 aliphatic rings. The zero-order valence-electron chi connectivity index (χ0n) is 8.25. The maximum atomic E-state index is 10.5. The van der Waals surface area contributed by atoms with Crippen LogP contribution in [-0.2, 0) is 9.59 Å². The molecule has 0 saturated heterocycles. The number of hydrogen-bond donors (Lipinski definition) is 2. The highest BCUT2D eigenvalue weighted by Gasteiger charge is 2.16. The van der Waals surface area contributed by atoms with Gasteiger partial charge in [0, 0.05) is 0 Å². The minimum atomic E-state index is -0.315. The summed E-state index contributed by atoms with van der Waals surface area (Å²) in [5.74, 6) is -0.629. The van der Waals surface area contributed by atoms with Crippen molar-refractivity contribution in [3.05, 3.63) is 0 Å². The first-order valence-corrected chi connectivity index (χ1v) is 4.22. The first-order valence-electron chi connectivity index (χ1n) is 4.22. The van der Waals surface area contributed by atoms with Crippen LogP contribution < -0.4 is 11.5 Å². The van der Waals surface area contributed by atoms with Crippen LogP contribution in [0.25, 0.3) is 0 Å². The fourth-order valence-corrected chi connectivity index (χ4v) is 0.938. The molecule has 0 radical (unpaired) electrons. The average Bonchev–Trinajstić information content (AvgIpc) is 1.98. The van der Waals surface area contributed by atoms with E-state index in [4.69, 9.17) is 11.5 Å². The minimum absolute atomic E-state index is 0.315. The highest BCUT2D eigenvalue weighted by Crippen LogP contribution is 2.00. The molecule has 5 nitrogen and oxygen atoms in total. The second-order valence-corrected chi connectivity index (χ2v) is 3.82. The van der Waals surface area contributed by atoms with Crippen LogP contribution in [0.3, 0.4) is 0 Å². The molecule has 0 aliphatic carbocycles. The Morgan fingerprint density at radius 3 is 1.54 bits per heavy atom. The van der Waals surface area contributed by atoms with Crippen LogP contribution in [0.4, 0.5) is 0 Å². The van der Waals surface area contributed by atoms with E-state index in [1.807, 2.05) is 14.1 Å². The van der Waals surface area contributed by atoms with Gasteiger partial charge in [-0.1, -0.05) is 0 Å². The van der Waals surface area contributed by atoms with Crippen molar-refractivity contribution in [3.8, 4) is 0 Å². The second-order valence-electron chi connectivity index (χ2n) is 3.82. The van der Waals surface area contributed by atoms with Gasteiger partial charge >= 0.3 is 0 Å². The summed E-state index contributed by atoms with van der Waals surface area (Å²) < 4.78 is 0.589. The van der Waals surface area contributed by atoms with Crippen molar-refractivity contribution >= 4 is 11.8 Å². The Morgan fingerprint density at radius 2 is 1.31 bits per heavy atom. The van der Waals surface area contributed by atoms with E-state index in [0.717, 1.165) is 0 Å². The third-order valence-corrected chi connectivity index (χ3v) is 1.93. The lowest BCUT2D eigenvalue weighted by molar-refractivity contribution is -0.889. The number of hydrogen-bond acceptors (Lipinski definition) is 2. The van der Waals surface area contributed by atoms with Crippen LogP contribution in [0.5, 0.6) is 0 Å². The predicted octanol–water partition coefficient (Wildman–Crippen LogP) is -1.19. The summed E-state index contributed by atoms with van der Waals surface area (Å²) in [6, 6.07) is 0. The molecule has 0 fully saturated rings. The van der Waals surface area contributed by atoms with Crippen LogP contribution in [-0.4, -0.2) is 43.5 Å². The molecule has 76 valence electrons. The van der Waals surface area contributed by atoms with Crippen LogP contribution >= 0.6 is 0 Å². The maximum absolute atomic E-state index is 10.5. The summed E-state index contributed by atoms with van der Waals surface area (Å²) in [5, 5.41) is 0. The lowest BCUT2D eigenvalue weighted by atomic mass is 10.3. The zero-order chi connectivity index (χ0) is 10.5. The number of amides is 2. The van der Waals surface area contributed by atoms with Crippen molar-refractivity contribution in [2.75, 3.05) is 27.2 Å². The summed E-state index contributed by atoms with van der Waals surface area (Å²) in [7, 11) is 3.87. The quantitative estimate of drug-likeness (QED) is 0.514. The van der Waals surface area contributed by atoms with Gasteiger partial charge in [0.15, 0.2) is 0 Å². The van der Waals surface area contributed by atoms with E-state index in [2.05, 4.69) is 0 Å². The van der Waals surface area contributed by atoms with Crippen molar-refractivity contribution in [3.63, 3.8) is 0 Å². The van der Waals surface area contributed by atoms with E-state index in [1.165, 1.54) is 0 Å². The van der Waals surface area contributed by atoms with Gasteiger partial charge in [-0.25, -0.2) is 0 Å². The van der Waals surface area contributed by atoms with Crippen molar-refractivity contribution < 1.29 is 14.1 Å². The third-order valence-electron chi connectivity index (χ3n) is 1.93. The normalized spacial score (nSPS) is 11.2. The molecule has 0 aliphatic heterocycles. The summed E-state index contributed by atoms with van der Waals surface area (Å²) in [6.45, 7) is 1.28. The maximum Gasteiger partial charge on any atom is 0.223 e. The predicted molar refractivity (Wildman–Crippen MR) is 49.5 cm³/mol. The lowest BCUT2D eigenvalue weighted by Gasteiger charge is -2.28. The van der Waals surface area contributed by atoms with Crippen LogP contribution in [0.1, 0.15) is 12.8 Å². The Labute approximate surface area is 78.3 Å². The molecule has 0 spiro atoms. The molecule has 5 heteroatoms. The largest absolute Gasteiger partial charge is 0.369 e. The van der Waals surface area contributed by atoms with Crippen molar-refractivity contribution in [1.29, 1.82) is 0 Å². The molecule has 0 bridgehead atoms. The number of primary amides is 2. The molecule has 0 atom stereocenters. The van der Waals surface area contributed by atoms with Gasteiger partial charge in [-0.2, -0.15) is 0 Å². The molecule has 13 heavy (non-hydrogen) atoms. The molecule has 0 aromatic rings. The van der Waals surface area contributed by atoms with Crippen molar-refractivity contribution in [1.82, 2.24) is 0 Å². The van der Waals surface area contributed by atoms with E-state index in [0.29, 0.717) is 30.4 Å². The van der Waals surface area contributed by atoms with Crippen molar-refractivity contribution in [2.24, 2.45) is 11.5 Å². The molecule has 0 rings (SSSR count). The molecular formula is C8H18N3O2+. The SMILES string of the molecule is C[N+](C)(CCC(N)=O)CCC(N)=O. The van der Waals surface area contributed by atoms with Gasteiger partial charge in [0.1, 0.15) is 0 Å². The first-order chi connectivity index (χ1) is 5.83. The molecule has 2 amide bonds. The molecule has 0 aromatic carbocycles. The van der Waals surface area contributed by atoms with Crippen LogP contribution in [0, 0.1) is 0 Å². The highest BCUT2D eigenvalue weighted by atomic mass is 16.1. The van der Waals surface area contributed by atoms with Crippen LogP contribution in [0.15, 0.2) is 0 Å². The Hall–Kier alpha value is -1.10. The average molecular weight is 188 g/mol. The van der Waals surface area contributed by atoms with Gasteiger partial charge in [-0.05, 0) is 0 Å². The molecule has 0 aromatic heterocycles. The Bertz CT molecular complexity index is 182. The topological polar surface area (TPSA) is 86.2 Å². The van der Waals surface area contributed by atoms with Gasteiger partial charge in [-0.3, -0.25) is 9.59 Å². The van der Waals surface area contributed by atoms with E-state index >= 15 is 0 Å². The second kappa shape index (κ2) is 4.81. The smallest absolute Gasteiger partial charge is 0.223 e. The molecular weight excluding hydrogens is 170 g/mol. The van der Waals surface area contributed by atoms with Gasteiger partial charge < -0.3 is 16.0 Å².